The summed E-state index contributed by atoms with van der Waals surface area (Å²) in [7, 11) is 0. The number of thiazole rings is 1. The van der Waals surface area contributed by atoms with Gasteiger partial charge in [-0.1, -0.05) is 0 Å². The van der Waals surface area contributed by atoms with Crippen LogP contribution in [0.2, 0.25) is 0 Å². The predicted molar refractivity (Wildman–Crippen MR) is 84.9 cm³/mol. The van der Waals surface area contributed by atoms with Crippen LogP contribution in [0, 0.1) is 5.92 Å². The minimum Gasteiger partial charge on any atom is -0.377 e. The lowest BCUT2D eigenvalue weighted by Crippen LogP contribution is -2.59. The number of H-pyrrole nitrogens is 1. The van der Waals surface area contributed by atoms with Crippen LogP contribution < -0.4 is 0 Å². The molecular formula is C15H19N5O2S. The van der Waals surface area contributed by atoms with E-state index in [0.29, 0.717) is 37.9 Å². The molecule has 0 aromatic carbocycles. The molecule has 1 saturated carbocycles. The first-order valence-corrected chi connectivity index (χ1v) is 8.73. The average Bonchev–Trinajstić information content (AvgIpc) is 3.08. The summed E-state index contributed by atoms with van der Waals surface area (Å²) in [6, 6.07) is 0. The van der Waals surface area contributed by atoms with Crippen LogP contribution in [0.3, 0.4) is 0 Å². The third kappa shape index (κ3) is 2.76. The van der Waals surface area contributed by atoms with Gasteiger partial charge in [-0.3, -0.25) is 9.89 Å². The molecule has 7 nitrogen and oxygen atoms in total. The van der Waals surface area contributed by atoms with Gasteiger partial charge in [0.15, 0.2) is 10.8 Å². The summed E-state index contributed by atoms with van der Waals surface area (Å²) in [5.41, 5.74) is 0.634. The van der Waals surface area contributed by atoms with Crippen molar-refractivity contribution in [2.45, 2.75) is 31.7 Å². The van der Waals surface area contributed by atoms with Crippen molar-refractivity contribution in [3.8, 4) is 10.8 Å². The fourth-order valence-electron chi connectivity index (χ4n) is 3.28. The molecule has 3 heterocycles. The summed E-state index contributed by atoms with van der Waals surface area (Å²) in [5, 5.41) is 9.31. The molecule has 23 heavy (non-hydrogen) atoms. The number of aromatic nitrogens is 4. The lowest BCUT2D eigenvalue weighted by atomic mass is 9.92. The van der Waals surface area contributed by atoms with Gasteiger partial charge in [0.2, 0.25) is 5.91 Å². The number of hydrogen-bond acceptors (Lipinski definition) is 6. The van der Waals surface area contributed by atoms with Crippen molar-refractivity contribution in [3.05, 3.63) is 17.4 Å². The molecule has 1 amide bonds. The Morgan fingerprint density at radius 1 is 1.57 bits per heavy atom. The van der Waals surface area contributed by atoms with E-state index in [0.717, 1.165) is 10.7 Å². The molecule has 1 aliphatic carbocycles. The van der Waals surface area contributed by atoms with Crippen molar-refractivity contribution in [2.24, 2.45) is 5.92 Å². The van der Waals surface area contributed by atoms with E-state index in [1.807, 2.05) is 10.3 Å². The maximum atomic E-state index is 12.8. The van der Waals surface area contributed by atoms with Crippen LogP contribution in [0.15, 0.2) is 11.7 Å². The van der Waals surface area contributed by atoms with Crippen LogP contribution in [-0.4, -0.2) is 56.3 Å². The summed E-state index contributed by atoms with van der Waals surface area (Å²) in [6.07, 6.45) is 4.16. The molecule has 2 fully saturated rings. The summed E-state index contributed by atoms with van der Waals surface area (Å²) in [5.74, 6) is 1.35. The van der Waals surface area contributed by atoms with Crippen LogP contribution >= 0.6 is 11.3 Å². The largest absolute Gasteiger partial charge is 0.377 e. The second kappa shape index (κ2) is 5.68. The van der Waals surface area contributed by atoms with E-state index in [2.05, 4.69) is 27.1 Å². The second-order valence-corrected chi connectivity index (χ2v) is 7.24. The highest BCUT2D eigenvalue weighted by molar-refractivity contribution is 7.13. The fourth-order valence-corrected chi connectivity index (χ4v) is 4.04. The Bertz CT molecular complexity index is 697. The number of carbonyl (C=O) groups excluding carboxylic acids is 1. The van der Waals surface area contributed by atoms with Crippen LogP contribution in [-0.2, 0) is 16.0 Å². The van der Waals surface area contributed by atoms with Gasteiger partial charge in [-0.05, 0) is 25.7 Å². The summed E-state index contributed by atoms with van der Waals surface area (Å²) >= 11 is 1.47. The van der Waals surface area contributed by atoms with Crippen molar-refractivity contribution in [2.75, 3.05) is 19.8 Å². The number of ether oxygens (including phenoxy) is 1. The van der Waals surface area contributed by atoms with Crippen molar-refractivity contribution in [1.82, 2.24) is 25.1 Å². The molecule has 1 saturated heterocycles. The summed E-state index contributed by atoms with van der Waals surface area (Å²) in [4.78, 5) is 23.4. The van der Waals surface area contributed by atoms with E-state index >= 15 is 0 Å². The molecule has 0 bridgehead atoms. The summed E-state index contributed by atoms with van der Waals surface area (Å²) in [6.45, 7) is 4.09. The number of carbonyl (C=O) groups is 1. The van der Waals surface area contributed by atoms with E-state index in [9.17, 15) is 4.79 Å². The first-order chi connectivity index (χ1) is 11.2. The van der Waals surface area contributed by atoms with Gasteiger partial charge in [-0.2, -0.15) is 5.10 Å². The SMILES string of the molecule is CC1(C2CC2)COCCN1C(=O)Cc1csc(-c2ncn[nH]2)n1. The van der Waals surface area contributed by atoms with Gasteiger partial charge in [0.05, 0.1) is 30.9 Å². The molecule has 2 aromatic heterocycles. The van der Waals surface area contributed by atoms with Crippen molar-refractivity contribution in [1.29, 1.82) is 0 Å². The highest BCUT2D eigenvalue weighted by Crippen LogP contribution is 2.44. The Labute approximate surface area is 138 Å². The normalized spacial score (nSPS) is 24.8. The Morgan fingerprint density at radius 3 is 3.17 bits per heavy atom. The second-order valence-electron chi connectivity index (χ2n) is 6.38. The number of rotatable bonds is 4. The quantitative estimate of drug-likeness (QED) is 0.916. The van der Waals surface area contributed by atoms with Gasteiger partial charge in [0.1, 0.15) is 6.33 Å². The van der Waals surface area contributed by atoms with Gasteiger partial charge in [-0.25, -0.2) is 9.97 Å². The Morgan fingerprint density at radius 2 is 2.43 bits per heavy atom. The molecule has 2 aliphatic rings. The average molecular weight is 333 g/mol. The van der Waals surface area contributed by atoms with E-state index in [1.165, 1.54) is 30.5 Å². The van der Waals surface area contributed by atoms with Gasteiger partial charge in [0, 0.05) is 11.9 Å². The molecule has 1 N–H and O–H groups in total. The Hall–Kier alpha value is -1.80. The molecule has 1 aliphatic heterocycles. The molecule has 0 radical (unpaired) electrons. The Kier molecular flexibility index (Phi) is 3.65. The predicted octanol–water partition coefficient (Wildman–Crippen LogP) is 1.50. The van der Waals surface area contributed by atoms with E-state index < -0.39 is 0 Å². The Balaban J connectivity index is 1.49. The maximum absolute atomic E-state index is 12.8. The van der Waals surface area contributed by atoms with Crippen molar-refractivity contribution >= 4 is 17.2 Å². The van der Waals surface area contributed by atoms with Crippen molar-refractivity contribution < 1.29 is 9.53 Å². The molecule has 1 unspecified atom stereocenters. The summed E-state index contributed by atoms with van der Waals surface area (Å²) < 4.78 is 5.64. The lowest BCUT2D eigenvalue weighted by Gasteiger charge is -2.45. The molecular weight excluding hydrogens is 314 g/mol. The topological polar surface area (TPSA) is 84.0 Å². The minimum absolute atomic E-state index is 0.136. The zero-order valence-electron chi connectivity index (χ0n) is 13.0. The standard InChI is InChI=1S/C15H19N5O2S/c1-15(10-2-3-10)8-22-5-4-20(15)12(21)6-11-7-23-14(18-11)13-16-9-17-19-13/h7,9-10H,2-6,8H2,1H3,(H,16,17,19). The molecule has 2 aromatic rings. The molecule has 4 rings (SSSR count). The molecule has 122 valence electrons. The van der Waals surface area contributed by atoms with Crippen LogP contribution in [0.25, 0.3) is 10.8 Å². The third-order valence-electron chi connectivity index (χ3n) is 4.73. The number of nitrogens with zero attached hydrogens (tertiary/aromatic N) is 4. The van der Waals surface area contributed by atoms with E-state index in [-0.39, 0.29) is 11.4 Å². The van der Waals surface area contributed by atoms with Crippen molar-refractivity contribution in [3.63, 3.8) is 0 Å². The number of amides is 1. The first-order valence-electron chi connectivity index (χ1n) is 7.85. The number of nitrogens with one attached hydrogen (secondary N) is 1. The lowest BCUT2D eigenvalue weighted by molar-refractivity contribution is -0.149. The van der Waals surface area contributed by atoms with Gasteiger partial charge in [0.25, 0.3) is 0 Å². The van der Waals surface area contributed by atoms with Gasteiger partial charge in [-0.15, -0.1) is 11.3 Å². The minimum atomic E-state index is -0.154. The molecule has 1 atom stereocenters. The third-order valence-corrected chi connectivity index (χ3v) is 5.63. The van der Waals surface area contributed by atoms with Gasteiger partial charge < -0.3 is 9.64 Å². The van der Waals surface area contributed by atoms with Crippen LogP contribution in [0.4, 0.5) is 0 Å². The molecule has 8 heteroatoms. The van der Waals surface area contributed by atoms with Gasteiger partial charge >= 0.3 is 0 Å². The van der Waals surface area contributed by atoms with Crippen LogP contribution in [0.5, 0.6) is 0 Å². The number of morpholine rings is 1. The zero-order chi connectivity index (χ0) is 15.9. The number of aromatic amines is 1. The highest BCUT2D eigenvalue weighted by Gasteiger charge is 2.49. The monoisotopic (exact) mass is 333 g/mol. The van der Waals surface area contributed by atoms with Crippen LogP contribution in [0.1, 0.15) is 25.5 Å². The highest BCUT2D eigenvalue weighted by atomic mass is 32.1. The van der Waals surface area contributed by atoms with E-state index in [1.54, 1.807) is 0 Å². The zero-order valence-corrected chi connectivity index (χ0v) is 13.8. The smallest absolute Gasteiger partial charge is 0.229 e. The fraction of sp³-hybridized carbons (Fsp3) is 0.600. The first kappa shape index (κ1) is 14.8. The number of hydrogen-bond donors (Lipinski definition) is 1. The maximum Gasteiger partial charge on any atom is 0.229 e. The molecule has 0 spiro atoms. The van der Waals surface area contributed by atoms with E-state index in [4.69, 9.17) is 4.74 Å².